The zero-order valence-corrected chi connectivity index (χ0v) is 16.8. The van der Waals surface area contributed by atoms with Crippen molar-refractivity contribution >= 4 is 69.7 Å². The Labute approximate surface area is 173 Å². The lowest BCUT2D eigenvalue weighted by Crippen LogP contribution is -2.13. The van der Waals surface area contributed by atoms with Crippen molar-refractivity contribution in [1.82, 2.24) is 4.98 Å². The molecule has 1 N–H and O–H groups in total. The van der Waals surface area contributed by atoms with Crippen molar-refractivity contribution in [2.45, 2.75) is 6.61 Å². The number of aromatic nitrogens is 1. The number of anilines is 1. The van der Waals surface area contributed by atoms with Gasteiger partial charge in [0.2, 0.25) is 0 Å². The number of hydrogen-bond acceptors (Lipinski definition) is 4. The predicted octanol–water partition coefficient (Wildman–Crippen LogP) is 7.17. The number of hydrogen-bond donors (Lipinski definition) is 1. The van der Waals surface area contributed by atoms with Crippen molar-refractivity contribution in [1.29, 1.82) is 0 Å². The number of carbonyl (C=O) groups is 1. The molecule has 0 bridgehead atoms. The van der Waals surface area contributed by atoms with E-state index in [1.165, 1.54) is 11.3 Å². The van der Waals surface area contributed by atoms with E-state index >= 15 is 0 Å². The van der Waals surface area contributed by atoms with Crippen LogP contribution in [0.15, 0.2) is 41.8 Å². The molecule has 26 heavy (non-hydrogen) atoms. The third kappa shape index (κ3) is 4.81. The van der Waals surface area contributed by atoms with Crippen LogP contribution >= 0.6 is 57.7 Å². The first-order valence-corrected chi connectivity index (χ1v) is 9.60. The molecule has 134 valence electrons. The van der Waals surface area contributed by atoms with Crippen molar-refractivity contribution in [3.63, 3.8) is 0 Å². The van der Waals surface area contributed by atoms with E-state index in [2.05, 4.69) is 10.3 Å². The Kier molecular flexibility index (Phi) is 6.27. The second kappa shape index (κ2) is 8.46. The van der Waals surface area contributed by atoms with Crippen LogP contribution in [0.4, 0.5) is 10.6 Å². The largest absolute Gasteiger partial charge is 0.444 e. The van der Waals surface area contributed by atoms with Gasteiger partial charge in [0.05, 0.1) is 10.0 Å². The highest BCUT2D eigenvalue weighted by atomic mass is 35.5. The van der Waals surface area contributed by atoms with Crippen LogP contribution in [-0.2, 0) is 11.3 Å². The van der Waals surface area contributed by atoms with E-state index in [9.17, 15) is 4.79 Å². The summed E-state index contributed by atoms with van der Waals surface area (Å²) in [6.07, 6.45) is -0.643. The van der Waals surface area contributed by atoms with Gasteiger partial charge in [-0.2, -0.15) is 0 Å². The minimum absolute atomic E-state index is 0.0310. The number of benzene rings is 2. The molecule has 4 nitrogen and oxygen atoms in total. The van der Waals surface area contributed by atoms with Crippen LogP contribution in [0.2, 0.25) is 20.1 Å². The highest BCUT2D eigenvalue weighted by Gasteiger charge is 2.13. The van der Waals surface area contributed by atoms with Crippen LogP contribution in [0.25, 0.3) is 10.6 Å². The molecule has 3 rings (SSSR count). The van der Waals surface area contributed by atoms with Gasteiger partial charge >= 0.3 is 6.09 Å². The van der Waals surface area contributed by atoms with Gasteiger partial charge < -0.3 is 4.74 Å². The molecule has 0 saturated heterocycles. The van der Waals surface area contributed by atoms with Gasteiger partial charge in [-0.1, -0.05) is 58.5 Å². The van der Waals surface area contributed by atoms with Crippen molar-refractivity contribution in [2.24, 2.45) is 0 Å². The lowest BCUT2D eigenvalue weighted by atomic mass is 10.2. The molecule has 3 aromatic rings. The van der Waals surface area contributed by atoms with Crippen molar-refractivity contribution in [2.75, 3.05) is 5.32 Å². The lowest BCUT2D eigenvalue weighted by Gasteiger charge is -2.06. The van der Waals surface area contributed by atoms with Crippen LogP contribution in [0, 0.1) is 0 Å². The van der Waals surface area contributed by atoms with Gasteiger partial charge in [-0.05, 0) is 29.8 Å². The second-order valence-electron chi connectivity index (χ2n) is 5.12. The SMILES string of the molecule is O=C(Nc1csc(-c2cccc(Cl)c2Cl)n1)OCc1cc(Cl)cc(Cl)c1. The maximum Gasteiger partial charge on any atom is 0.413 e. The summed E-state index contributed by atoms with van der Waals surface area (Å²) in [4.78, 5) is 16.3. The minimum atomic E-state index is -0.643. The van der Waals surface area contributed by atoms with E-state index in [1.54, 1.807) is 41.8 Å². The monoisotopic (exact) mass is 446 g/mol. The predicted molar refractivity (Wildman–Crippen MR) is 108 cm³/mol. The number of rotatable bonds is 4. The Morgan fingerprint density at radius 3 is 2.58 bits per heavy atom. The first kappa shape index (κ1) is 19.3. The molecule has 1 heterocycles. The fourth-order valence-electron chi connectivity index (χ4n) is 2.11. The zero-order valence-electron chi connectivity index (χ0n) is 12.9. The number of thiazole rings is 1. The summed E-state index contributed by atoms with van der Waals surface area (Å²) in [5, 5.41) is 6.67. The molecule has 0 aliphatic rings. The maximum absolute atomic E-state index is 11.9. The molecule has 0 aliphatic carbocycles. The van der Waals surface area contributed by atoms with Gasteiger partial charge in [-0.15, -0.1) is 11.3 Å². The fourth-order valence-corrected chi connectivity index (χ4v) is 3.91. The highest BCUT2D eigenvalue weighted by molar-refractivity contribution is 7.13. The number of carbonyl (C=O) groups excluding carboxylic acids is 1. The molecule has 9 heteroatoms. The molecule has 0 radical (unpaired) electrons. The molecule has 2 aromatic carbocycles. The summed E-state index contributed by atoms with van der Waals surface area (Å²) in [5.74, 6) is 0.357. The molecule has 0 unspecified atom stereocenters. The summed E-state index contributed by atoms with van der Waals surface area (Å²) >= 11 is 25.3. The van der Waals surface area contributed by atoms with E-state index in [0.717, 1.165) is 0 Å². The second-order valence-corrected chi connectivity index (χ2v) is 7.63. The first-order valence-electron chi connectivity index (χ1n) is 7.21. The Morgan fingerprint density at radius 2 is 1.85 bits per heavy atom. The quantitative estimate of drug-likeness (QED) is 0.461. The topological polar surface area (TPSA) is 51.2 Å². The number of amides is 1. The third-order valence-corrected chi connectivity index (χ3v) is 5.34. The summed E-state index contributed by atoms with van der Waals surface area (Å²) < 4.78 is 5.15. The standard InChI is InChI=1S/C17H10Cl4N2O2S/c18-10-4-9(5-11(19)6-10)7-25-17(24)23-14-8-26-16(22-14)12-2-1-3-13(20)15(12)21/h1-6,8H,7H2,(H,23,24). The number of ether oxygens (including phenoxy) is 1. The molecule has 1 amide bonds. The molecule has 0 aliphatic heterocycles. The molecule has 1 aromatic heterocycles. The number of halogens is 4. The van der Waals surface area contributed by atoms with Crippen molar-refractivity contribution in [3.8, 4) is 10.6 Å². The van der Waals surface area contributed by atoms with Gasteiger partial charge in [0.25, 0.3) is 0 Å². The number of nitrogens with one attached hydrogen (secondary N) is 1. The normalized spacial score (nSPS) is 10.6. The maximum atomic E-state index is 11.9. The Morgan fingerprint density at radius 1 is 1.12 bits per heavy atom. The molecule has 0 saturated carbocycles. The summed E-state index contributed by atoms with van der Waals surface area (Å²) in [5.41, 5.74) is 1.38. The molecule has 0 fully saturated rings. The Bertz CT molecular complexity index is 941. The van der Waals surface area contributed by atoms with Gasteiger partial charge in [0.1, 0.15) is 17.4 Å². The van der Waals surface area contributed by atoms with Crippen molar-refractivity contribution < 1.29 is 9.53 Å². The first-order chi connectivity index (χ1) is 12.4. The van der Waals surface area contributed by atoms with Crippen LogP contribution < -0.4 is 5.32 Å². The highest BCUT2D eigenvalue weighted by Crippen LogP contribution is 2.35. The average molecular weight is 448 g/mol. The minimum Gasteiger partial charge on any atom is -0.444 e. The van der Waals surface area contributed by atoms with E-state index in [0.29, 0.717) is 42.0 Å². The molecule has 0 spiro atoms. The summed E-state index contributed by atoms with van der Waals surface area (Å²) in [7, 11) is 0. The van der Waals surface area contributed by atoms with E-state index < -0.39 is 6.09 Å². The third-order valence-electron chi connectivity index (χ3n) is 3.21. The molecule has 0 atom stereocenters. The average Bonchev–Trinajstić information content (AvgIpc) is 3.03. The number of nitrogens with zero attached hydrogens (tertiary/aromatic N) is 1. The van der Waals surface area contributed by atoms with Gasteiger partial charge in [-0.25, -0.2) is 9.78 Å². The van der Waals surface area contributed by atoms with E-state index in [1.807, 2.05) is 0 Å². The van der Waals surface area contributed by atoms with Crippen LogP contribution in [0.1, 0.15) is 5.56 Å². The lowest BCUT2D eigenvalue weighted by molar-refractivity contribution is 0.155. The van der Waals surface area contributed by atoms with Gasteiger partial charge in [0, 0.05) is 21.0 Å². The van der Waals surface area contributed by atoms with Crippen LogP contribution in [0.3, 0.4) is 0 Å². The molecular weight excluding hydrogens is 438 g/mol. The zero-order chi connectivity index (χ0) is 18.7. The smallest absolute Gasteiger partial charge is 0.413 e. The summed E-state index contributed by atoms with van der Waals surface area (Å²) in [6, 6.07) is 10.2. The Balaban J connectivity index is 1.63. The Hall–Kier alpha value is -1.50. The van der Waals surface area contributed by atoms with Gasteiger partial charge in [-0.3, -0.25) is 5.32 Å². The fraction of sp³-hybridized carbons (Fsp3) is 0.0588. The van der Waals surface area contributed by atoms with Crippen LogP contribution in [-0.4, -0.2) is 11.1 Å². The summed E-state index contributed by atoms with van der Waals surface area (Å²) in [6.45, 7) is 0.0310. The molecular formula is C17H10Cl4N2O2S. The van der Waals surface area contributed by atoms with Gasteiger partial charge in [0.15, 0.2) is 0 Å². The van der Waals surface area contributed by atoms with Crippen LogP contribution in [0.5, 0.6) is 0 Å². The van der Waals surface area contributed by atoms with E-state index in [-0.39, 0.29) is 6.61 Å². The van der Waals surface area contributed by atoms with Crippen molar-refractivity contribution in [3.05, 3.63) is 67.4 Å². The van der Waals surface area contributed by atoms with E-state index in [4.69, 9.17) is 51.1 Å².